The summed E-state index contributed by atoms with van der Waals surface area (Å²) < 4.78 is 26.7. The summed E-state index contributed by atoms with van der Waals surface area (Å²) in [6, 6.07) is 9.83. The Kier molecular flexibility index (Phi) is 6.05. The van der Waals surface area contributed by atoms with Crippen LogP contribution in [0.15, 0.2) is 48.0 Å². The monoisotopic (exact) mass is 452 g/mol. The van der Waals surface area contributed by atoms with E-state index in [1.54, 1.807) is 35.9 Å². The van der Waals surface area contributed by atoms with Gasteiger partial charge in [-0.05, 0) is 24.3 Å². The number of thiophene rings is 1. The van der Waals surface area contributed by atoms with Gasteiger partial charge in [-0.2, -0.15) is 0 Å². The van der Waals surface area contributed by atoms with Crippen molar-refractivity contribution in [1.82, 2.24) is 9.55 Å². The molecule has 0 saturated carbocycles. The summed E-state index contributed by atoms with van der Waals surface area (Å²) in [7, 11) is 4.77. The maximum Gasteiger partial charge on any atom is 0.181 e. The lowest BCUT2D eigenvalue weighted by atomic mass is 10.0. The lowest BCUT2D eigenvalue weighted by molar-refractivity contribution is 0.0913. The number of carbonyl (C=O) groups excluding carboxylic acids is 2. The molecule has 0 aliphatic heterocycles. The van der Waals surface area contributed by atoms with Crippen LogP contribution >= 0.6 is 11.3 Å². The molecule has 2 aromatic heterocycles. The fraction of sp³-hybridized carbons (Fsp3) is 0.208. The van der Waals surface area contributed by atoms with E-state index in [1.807, 2.05) is 11.4 Å². The number of rotatable bonds is 8. The highest BCUT2D eigenvalue weighted by molar-refractivity contribution is 7.17. The molecule has 2 heterocycles. The van der Waals surface area contributed by atoms with Crippen LogP contribution in [0.4, 0.5) is 4.39 Å². The van der Waals surface area contributed by atoms with Crippen LogP contribution in [0, 0.1) is 5.82 Å². The summed E-state index contributed by atoms with van der Waals surface area (Å²) in [4.78, 5) is 29.8. The zero-order valence-electron chi connectivity index (χ0n) is 17.8. The highest BCUT2D eigenvalue weighted by atomic mass is 32.1. The average molecular weight is 453 g/mol. The number of carbonyl (C=O) groups is 2. The second-order valence-corrected chi connectivity index (χ2v) is 8.09. The number of ether oxygens (including phenoxy) is 2. The van der Waals surface area contributed by atoms with Crippen LogP contribution in [-0.2, 0) is 7.05 Å². The van der Waals surface area contributed by atoms with E-state index in [0.717, 1.165) is 10.9 Å². The first-order valence-electron chi connectivity index (χ1n) is 9.90. The Morgan fingerprint density at radius 2 is 1.81 bits per heavy atom. The third-order valence-electron chi connectivity index (χ3n) is 5.35. The molecule has 0 radical (unpaired) electrons. The summed E-state index contributed by atoms with van der Waals surface area (Å²) in [5, 5.41) is 2.59. The number of fused-ring (bicyclic) bond motifs is 1. The molecule has 0 fully saturated rings. The van der Waals surface area contributed by atoms with Crippen molar-refractivity contribution in [3.63, 3.8) is 0 Å². The normalized spacial score (nSPS) is 11.0. The molecule has 32 heavy (non-hydrogen) atoms. The summed E-state index contributed by atoms with van der Waals surface area (Å²) in [5.41, 5.74) is 1.62. The number of benzene rings is 2. The molecule has 4 rings (SSSR count). The molecular formula is C24H21FN2O4S. The fourth-order valence-corrected chi connectivity index (χ4v) is 4.58. The first-order chi connectivity index (χ1) is 15.4. The van der Waals surface area contributed by atoms with Gasteiger partial charge in [0.2, 0.25) is 0 Å². The number of nitrogens with zero attached hydrogens (tertiary/aromatic N) is 2. The molecule has 0 spiro atoms. The highest BCUT2D eigenvalue weighted by Gasteiger charge is 2.20. The number of imidazole rings is 1. The van der Waals surface area contributed by atoms with Crippen molar-refractivity contribution >= 4 is 33.0 Å². The zero-order valence-corrected chi connectivity index (χ0v) is 18.7. The van der Waals surface area contributed by atoms with Gasteiger partial charge in [-0.25, -0.2) is 9.37 Å². The largest absolute Gasteiger partial charge is 0.493 e. The van der Waals surface area contributed by atoms with Crippen molar-refractivity contribution < 1.29 is 23.5 Å². The van der Waals surface area contributed by atoms with E-state index in [-0.39, 0.29) is 30.2 Å². The third kappa shape index (κ3) is 3.89. The number of aromatic nitrogens is 2. The molecule has 0 atom stereocenters. The topological polar surface area (TPSA) is 70.4 Å². The van der Waals surface area contributed by atoms with Gasteiger partial charge in [-0.15, -0.1) is 11.3 Å². The molecule has 0 bridgehead atoms. The SMILES string of the molecule is COc1ccc(C(=O)CCC(=O)c2cnc(-c3csc4c(F)cccc34)n2C)cc1OC. The summed E-state index contributed by atoms with van der Waals surface area (Å²) >= 11 is 1.30. The second-order valence-electron chi connectivity index (χ2n) is 7.21. The molecule has 0 aliphatic carbocycles. The maximum absolute atomic E-state index is 14.0. The second kappa shape index (κ2) is 8.92. The Balaban J connectivity index is 1.51. The molecule has 0 saturated heterocycles. The van der Waals surface area contributed by atoms with Gasteiger partial charge in [0, 0.05) is 41.8 Å². The number of Topliss-reactive ketones (excluding diaryl/α,β-unsaturated/α-hetero) is 2. The number of halogens is 1. The van der Waals surface area contributed by atoms with Gasteiger partial charge < -0.3 is 14.0 Å². The predicted molar refractivity (Wildman–Crippen MR) is 121 cm³/mol. The van der Waals surface area contributed by atoms with E-state index in [9.17, 15) is 14.0 Å². The number of hydrogen-bond acceptors (Lipinski definition) is 6. The number of methoxy groups -OCH3 is 2. The number of ketones is 2. The molecule has 4 aromatic rings. The molecule has 6 nitrogen and oxygen atoms in total. The van der Waals surface area contributed by atoms with E-state index in [2.05, 4.69) is 4.98 Å². The molecule has 0 aliphatic rings. The fourth-order valence-electron chi connectivity index (χ4n) is 3.62. The summed E-state index contributed by atoms with van der Waals surface area (Å²) in [6.45, 7) is 0. The van der Waals surface area contributed by atoms with Crippen molar-refractivity contribution in [2.24, 2.45) is 7.05 Å². The zero-order chi connectivity index (χ0) is 22.8. The first-order valence-corrected chi connectivity index (χ1v) is 10.8. The van der Waals surface area contributed by atoms with Crippen molar-refractivity contribution in [2.45, 2.75) is 12.8 Å². The van der Waals surface area contributed by atoms with Gasteiger partial charge >= 0.3 is 0 Å². The average Bonchev–Trinajstić information content (AvgIpc) is 3.40. The Morgan fingerprint density at radius 1 is 1.06 bits per heavy atom. The minimum Gasteiger partial charge on any atom is -0.493 e. The van der Waals surface area contributed by atoms with Crippen LogP contribution in [0.3, 0.4) is 0 Å². The summed E-state index contributed by atoms with van der Waals surface area (Å²) in [5.74, 6) is 0.935. The van der Waals surface area contributed by atoms with Gasteiger partial charge in [0.25, 0.3) is 0 Å². The van der Waals surface area contributed by atoms with Crippen LogP contribution in [0.5, 0.6) is 11.5 Å². The minimum absolute atomic E-state index is 0.0468. The Labute approximate surface area is 188 Å². The lowest BCUT2D eigenvalue weighted by Crippen LogP contribution is -2.09. The van der Waals surface area contributed by atoms with E-state index in [4.69, 9.17) is 9.47 Å². The Morgan fingerprint density at radius 3 is 2.56 bits per heavy atom. The molecule has 8 heteroatoms. The van der Waals surface area contributed by atoms with Crippen LogP contribution < -0.4 is 9.47 Å². The van der Waals surface area contributed by atoms with E-state index in [0.29, 0.717) is 33.3 Å². The van der Waals surface area contributed by atoms with Gasteiger partial charge in [0.05, 0.1) is 25.1 Å². The standard InChI is InChI=1S/C24H21FN2O4S/c1-27-18(12-26-24(27)16-13-32-23-15(16)5-4-6-17(23)25)20(29)9-8-19(28)14-7-10-21(30-2)22(11-14)31-3/h4-7,10-13H,8-9H2,1-3H3. The minimum atomic E-state index is -0.280. The molecule has 0 amide bonds. The van der Waals surface area contributed by atoms with Crippen molar-refractivity contribution in [3.05, 3.63) is 65.0 Å². The lowest BCUT2D eigenvalue weighted by Gasteiger charge is -2.09. The molecule has 164 valence electrons. The Bertz CT molecular complexity index is 1330. The van der Waals surface area contributed by atoms with Crippen molar-refractivity contribution in [3.8, 4) is 22.9 Å². The molecule has 2 aromatic carbocycles. The van der Waals surface area contributed by atoms with Gasteiger partial charge in [0.1, 0.15) is 17.3 Å². The first kappa shape index (κ1) is 21.7. The maximum atomic E-state index is 14.0. The highest BCUT2D eigenvalue weighted by Crippen LogP contribution is 2.35. The van der Waals surface area contributed by atoms with Crippen LogP contribution in [0.25, 0.3) is 21.5 Å². The predicted octanol–water partition coefficient (Wildman–Crippen LogP) is 5.30. The van der Waals surface area contributed by atoms with E-state index in [1.165, 1.54) is 37.8 Å². The van der Waals surface area contributed by atoms with Crippen LogP contribution in [0.1, 0.15) is 33.7 Å². The van der Waals surface area contributed by atoms with Gasteiger partial charge in [-0.3, -0.25) is 9.59 Å². The van der Waals surface area contributed by atoms with Crippen LogP contribution in [0.2, 0.25) is 0 Å². The van der Waals surface area contributed by atoms with Gasteiger partial charge in [-0.1, -0.05) is 12.1 Å². The molecule has 0 N–H and O–H groups in total. The van der Waals surface area contributed by atoms with E-state index < -0.39 is 0 Å². The summed E-state index contributed by atoms with van der Waals surface area (Å²) in [6.07, 6.45) is 1.61. The van der Waals surface area contributed by atoms with E-state index >= 15 is 0 Å². The Hall–Kier alpha value is -3.52. The van der Waals surface area contributed by atoms with Crippen LogP contribution in [-0.4, -0.2) is 35.3 Å². The quantitative estimate of drug-likeness (QED) is 0.339. The molecular weight excluding hydrogens is 431 g/mol. The van der Waals surface area contributed by atoms with Crippen molar-refractivity contribution in [2.75, 3.05) is 14.2 Å². The molecule has 0 unspecified atom stereocenters. The van der Waals surface area contributed by atoms with Crippen molar-refractivity contribution in [1.29, 1.82) is 0 Å². The third-order valence-corrected chi connectivity index (χ3v) is 6.36. The number of hydrogen-bond donors (Lipinski definition) is 0. The van der Waals surface area contributed by atoms with Gasteiger partial charge in [0.15, 0.2) is 23.1 Å². The smallest absolute Gasteiger partial charge is 0.181 e.